The standard InChI is InChI=1S/C18H24BrN/c1-12-2-3-16(7-17(12)19)20-11-18-8-13-4-14(9-18)6-15(5-13)10-18/h2-3,7,13-15,20H,4-6,8-11H2,1H3. The van der Waals surface area contributed by atoms with E-state index >= 15 is 0 Å². The maximum atomic E-state index is 3.74. The highest BCUT2D eigenvalue weighted by Gasteiger charge is 2.50. The molecule has 4 aliphatic rings. The lowest BCUT2D eigenvalue weighted by atomic mass is 9.49. The molecule has 0 radical (unpaired) electrons. The smallest absolute Gasteiger partial charge is 0.0351 e. The lowest BCUT2D eigenvalue weighted by molar-refractivity contribution is -0.0444. The lowest BCUT2D eigenvalue weighted by Crippen LogP contribution is -2.49. The fourth-order valence-electron chi connectivity index (χ4n) is 5.50. The lowest BCUT2D eigenvalue weighted by Gasteiger charge is -2.57. The molecule has 0 aromatic heterocycles. The molecule has 20 heavy (non-hydrogen) atoms. The van der Waals surface area contributed by atoms with E-state index in [1.54, 1.807) is 0 Å². The molecule has 1 aromatic carbocycles. The molecule has 0 aliphatic heterocycles. The van der Waals surface area contributed by atoms with Gasteiger partial charge in [0.05, 0.1) is 0 Å². The van der Waals surface area contributed by atoms with E-state index in [4.69, 9.17) is 0 Å². The number of aryl methyl sites for hydroxylation is 1. The van der Waals surface area contributed by atoms with Crippen molar-refractivity contribution in [3.05, 3.63) is 28.2 Å². The highest BCUT2D eigenvalue weighted by molar-refractivity contribution is 9.10. The monoisotopic (exact) mass is 333 g/mol. The van der Waals surface area contributed by atoms with Gasteiger partial charge in [-0.15, -0.1) is 0 Å². The van der Waals surface area contributed by atoms with Crippen LogP contribution < -0.4 is 5.32 Å². The molecule has 2 heteroatoms. The molecule has 1 aromatic rings. The van der Waals surface area contributed by atoms with E-state index in [9.17, 15) is 0 Å². The Hall–Kier alpha value is -0.500. The first kappa shape index (κ1) is 13.2. The third-order valence-electron chi connectivity index (χ3n) is 6.00. The molecule has 0 spiro atoms. The van der Waals surface area contributed by atoms with Gasteiger partial charge in [-0.05, 0) is 86.3 Å². The first-order valence-corrected chi connectivity index (χ1v) is 8.91. The minimum absolute atomic E-state index is 0.617. The molecule has 4 bridgehead atoms. The second-order valence-electron chi connectivity index (χ2n) is 7.74. The number of anilines is 1. The van der Waals surface area contributed by atoms with Crippen LogP contribution in [0.1, 0.15) is 44.1 Å². The van der Waals surface area contributed by atoms with Crippen molar-refractivity contribution in [3.63, 3.8) is 0 Å². The molecule has 1 nitrogen and oxygen atoms in total. The van der Waals surface area contributed by atoms with E-state index in [0.717, 1.165) is 17.8 Å². The molecule has 4 saturated carbocycles. The van der Waals surface area contributed by atoms with E-state index in [1.165, 1.54) is 60.8 Å². The van der Waals surface area contributed by atoms with Crippen molar-refractivity contribution >= 4 is 21.6 Å². The van der Waals surface area contributed by atoms with Crippen LogP contribution in [0, 0.1) is 30.1 Å². The molecule has 0 unspecified atom stereocenters. The third-order valence-corrected chi connectivity index (χ3v) is 6.86. The second kappa shape index (κ2) is 4.76. The van der Waals surface area contributed by atoms with Crippen LogP contribution in [-0.4, -0.2) is 6.54 Å². The van der Waals surface area contributed by atoms with Crippen molar-refractivity contribution in [2.24, 2.45) is 23.2 Å². The predicted molar refractivity (Wildman–Crippen MR) is 88.0 cm³/mol. The fraction of sp³-hybridized carbons (Fsp3) is 0.667. The Morgan fingerprint density at radius 1 is 1.10 bits per heavy atom. The average Bonchev–Trinajstić information content (AvgIpc) is 2.39. The van der Waals surface area contributed by atoms with Gasteiger partial charge in [0, 0.05) is 16.7 Å². The SMILES string of the molecule is Cc1ccc(NCC23CC4CC(CC(C4)C2)C3)cc1Br. The quantitative estimate of drug-likeness (QED) is 0.782. The van der Waals surface area contributed by atoms with Crippen molar-refractivity contribution in [2.75, 3.05) is 11.9 Å². The number of benzene rings is 1. The van der Waals surface area contributed by atoms with E-state index in [-0.39, 0.29) is 0 Å². The molecule has 4 aliphatic carbocycles. The Balaban J connectivity index is 1.47. The zero-order valence-corrected chi connectivity index (χ0v) is 13.9. The minimum Gasteiger partial charge on any atom is -0.384 e. The van der Waals surface area contributed by atoms with Gasteiger partial charge < -0.3 is 5.32 Å². The Kier molecular flexibility index (Phi) is 3.14. The minimum atomic E-state index is 0.617. The summed E-state index contributed by atoms with van der Waals surface area (Å²) in [5.74, 6) is 3.15. The Labute approximate surface area is 130 Å². The van der Waals surface area contributed by atoms with Crippen LogP contribution in [0.3, 0.4) is 0 Å². The van der Waals surface area contributed by atoms with Crippen LogP contribution in [0.4, 0.5) is 5.69 Å². The van der Waals surface area contributed by atoms with Crippen molar-refractivity contribution in [3.8, 4) is 0 Å². The van der Waals surface area contributed by atoms with Gasteiger partial charge in [0.1, 0.15) is 0 Å². The predicted octanol–water partition coefficient (Wildman–Crippen LogP) is 5.39. The summed E-state index contributed by atoms with van der Waals surface area (Å²) < 4.78 is 1.22. The summed E-state index contributed by atoms with van der Waals surface area (Å²) in [5, 5.41) is 3.74. The van der Waals surface area contributed by atoms with Gasteiger partial charge in [-0.1, -0.05) is 22.0 Å². The Morgan fingerprint density at radius 3 is 2.25 bits per heavy atom. The maximum Gasteiger partial charge on any atom is 0.0351 e. The zero-order valence-electron chi connectivity index (χ0n) is 12.3. The summed E-state index contributed by atoms with van der Waals surface area (Å²) in [6.45, 7) is 3.33. The number of hydrogen-bond acceptors (Lipinski definition) is 1. The highest BCUT2D eigenvalue weighted by Crippen LogP contribution is 2.59. The van der Waals surface area contributed by atoms with Crippen LogP contribution in [0.15, 0.2) is 22.7 Å². The molecule has 0 saturated heterocycles. The van der Waals surface area contributed by atoms with Gasteiger partial charge in [0.25, 0.3) is 0 Å². The summed E-state index contributed by atoms with van der Waals surface area (Å²) in [6.07, 6.45) is 9.07. The third kappa shape index (κ3) is 2.30. The van der Waals surface area contributed by atoms with Crippen molar-refractivity contribution in [2.45, 2.75) is 45.4 Å². The van der Waals surface area contributed by atoms with Crippen molar-refractivity contribution < 1.29 is 0 Å². The van der Waals surface area contributed by atoms with Gasteiger partial charge in [0.15, 0.2) is 0 Å². The van der Waals surface area contributed by atoms with Crippen molar-refractivity contribution in [1.29, 1.82) is 0 Å². The summed E-state index contributed by atoms with van der Waals surface area (Å²) >= 11 is 3.64. The van der Waals surface area contributed by atoms with Gasteiger partial charge in [-0.3, -0.25) is 0 Å². The van der Waals surface area contributed by atoms with Crippen molar-refractivity contribution in [1.82, 2.24) is 0 Å². The molecule has 108 valence electrons. The van der Waals surface area contributed by atoms with Gasteiger partial charge >= 0.3 is 0 Å². The number of hydrogen-bond donors (Lipinski definition) is 1. The van der Waals surface area contributed by atoms with E-state index in [0.29, 0.717) is 5.41 Å². The van der Waals surface area contributed by atoms with E-state index in [2.05, 4.69) is 46.4 Å². The molecule has 5 rings (SSSR count). The molecule has 0 amide bonds. The van der Waals surface area contributed by atoms with E-state index < -0.39 is 0 Å². The largest absolute Gasteiger partial charge is 0.384 e. The first-order valence-electron chi connectivity index (χ1n) is 8.12. The number of halogens is 1. The molecular weight excluding hydrogens is 310 g/mol. The number of rotatable bonds is 3. The Bertz CT molecular complexity index is 487. The first-order chi connectivity index (χ1) is 9.62. The van der Waals surface area contributed by atoms with E-state index in [1.807, 2.05) is 0 Å². The zero-order chi connectivity index (χ0) is 13.7. The molecule has 0 heterocycles. The number of nitrogens with one attached hydrogen (secondary N) is 1. The topological polar surface area (TPSA) is 12.0 Å². The van der Waals surface area contributed by atoms with Crippen LogP contribution in [-0.2, 0) is 0 Å². The molecule has 1 N–H and O–H groups in total. The molecule has 0 atom stereocenters. The van der Waals surface area contributed by atoms with Crippen LogP contribution in [0.25, 0.3) is 0 Å². The van der Waals surface area contributed by atoms with Gasteiger partial charge in [-0.25, -0.2) is 0 Å². The van der Waals surface area contributed by atoms with Gasteiger partial charge in [-0.2, -0.15) is 0 Å². The normalized spacial score (nSPS) is 38.2. The highest BCUT2D eigenvalue weighted by atomic mass is 79.9. The van der Waals surface area contributed by atoms with Crippen LogP contribution in [0.5, 0.6) is 0 Å². The van der Waals surface area contributed by atoms with Crippen LogP contribution in [0.2, 0.25) is 0 Å². The fourth-order valence-corrected chi connectivity index (χ4v) is 5.88. The summed E-state index contributed by atoms with van der Waals surface area (Å²) in [4.78, 5) is 0. The molecular formula is C18H24BrN. The maximum absolute atomic E-state index is 3.74. The molecule has 4 fully saturated rings. The summed E-state index contributed by atoms with van der Waals surface area (Å²) in [6, 6.07) is 6.66. The summed E-state index contributed by atoms with van der Waals surface area (Å²) in [5.41, 5.74) is 3.20. The summed E-state index contributed by atoms with van der Waals surface area (Å²) in [7, 11) is 0. The second-order valence-corrected chi connectivity index (χ2v) is 8.59. The van der Waals surface area contributed by atoms with Gasteiger partial charge in [0.2, 0.25) is 0 Å². The van der Waals surface area contributed by atoms with Crippen LogP contribution >= 0.6 is 15.9 Å². The average molecular weight is 334 g/mol. The Morgan fingerprint density at radius 2 is 1.70 bits per heavy atom.